The second-order valence-electron chi connectivity index (χ2n) is 10.0. The van der Waals surface area contributed by atoms with Crippen LogP contribution in [0.1, 0.15) is 169 Å². The van der Waals surface area contributed by atoms with Crippen LogP contribution in [-0.2, 0) is 0 Å². The maximum atomic E-state index is 2.49. The van der Waals surface area contributed by atoms with Crippen LogP contribution >= 0.6 is 0 Å². The summed E-state index contributed by atoms with van der Waals surface area (Å²) in [6, 6.07) is 0. The molecule has 0 saturated carbocycles. The van der Waals surface area contributed by atoms with Crippen LogP contribution in [0.2, 0.25) is 0 Å². The highest BCUT2D eigenvalue weighted by Gasteiger charge is 2.05. The van der Waals surface area contributed by atoms with Gasteiger partial charge >= 0.3 is 0 Å². The Labute approximate surface area is 181 Å². The number of unbranched alkanes of at least 4 members (excludes halogenated alkanes) is 15. The average Bonchev–Trinajstić information content (AvgIpc) is 2.68. The maximum Gasteiger partial charge on any atom is -0.0443 e. The van der Waals surface area contributed by atoms with Gasteiger partial charge in [-0.05, 0) is 11.8 Å². The molecule has 0 radical (unpaired) electrons. The van der Waals surface area contributed by atoms with Crippen LogP contribution in [0.5, 0.6) is 0 Å². The van der Waals surface area contributed by atoms with E-state index in [9.17, 15) is 0 Å². The molecule has 0 N–H and O–H groups in total. The molecule has 0 amide bonds. The van der Waals surface area contributed by atoms with E-state index in [-0.39, 0.29) is 0 Å². The van der Waals surface area contributed by atoms with Gasteiger partial charge < -0.3 is 0 Å². The van der Waals surface area contributed by atoms with Crippen LogP contribution in [0.4, 0.5) is 0 Å². The van der Waals surface area contributed by atoms with Gasteiger partial charge in [0.1, 0.15) is 0 Å². The van der Waals surface area contributed by atoms with E-state index in [0.29, 0.717) is 0 Å². The van der Waals surface area contributed by atoms with Gasteiger partial charge in [0.2, 0.25) is 0 Å². The van der Waals surface area contributed by atoms with E-state index >= 15 is 0 Å². The van der Waals surface area contributed by atoms with Gasteiger partial charge in [0.15, 0.2) is 0 Å². The molecule has 0 nitrogen and oxygen atoms in total. The highest BCUT2D eigenvalue weighted by molar-refractivity contribution is 4.59. The molecule has 0 aliphatic carbocycles. The first-order valence-corrected chi connectivity index (χ1v) is 13.7. The Morgan fingerprint density at radius 3 is 0.964 bits per heavy atom. The van der Waals surface area contributed by atoms with Crippen molar-refractivity contribution in [1.82, 2.24) is 0 Å². The predicted octanol–water partition coefficient (Wildman–Crippen LogP) is 10.9. The highest BCUT2D eigenvalue weighted by Crippen LogP contribution is 2.21. The lowest BCUT2D eigenvalue weighted by atomic mass is 9.92. The van der Waals surface area contributed by atoms with E-state index in [1.807, 2.05) is 0 Å². The van der Waals surface area contributed by atoms with E-state index in [1.165, 1.54) is 141 Å². The van der Waals surface area contributed by atoms with E-state index in [1.54, 1.807) is 0 Å². The third kappa shape index (κ3) is 22.3. The third-order valence-corrected chi connectivity index (χ3v) is 6.74. The quantitative estimate of drug-likeness (QED) is 0.151. The smallest absolute Gasteiger partial charge is 0.0443 e. The van der Waals surface area contributed by atoms with Crippen LogP contribution in [0.25, 0.3) is 0 Å². The lowest BCUT2D eigenvalue weighted by Gasteiger charge is -2.14. The maximum absolute atomic E-state index is 2.49. The summed E-state index contributed by atoms with van der Waals surface area (Å²) in [6.07, 6.45) is 32.2. The average molecular weight is 395 g/mol. The first kappa shape index (κ1) is 28.0. The second-order valence-corrected chi connectivity index (χ2v) is 10.0. The number of hydrogen-bond acceptors (Lipinski definition) is 0. The first-order valence-electron chi connectivity index (χ1n) is 13.7. The lowest BCUT2D eigenvalue weighted by molar-refractivity contribution is 0.392. The highest BCUT2D eigenvalue weighted by atomic mass is 14.1. The SMILES string of the molecule is CCCCCCCCCCCCCCCCC(C)CCCC(C)CCCCC. The summed E-state index contributed by atoms with van der Waals surface area (Å²) >= 11 is 0. The van der Waals surface area contributed by atoms with Crippen molar-refractivity contribution in [2.45, 2.75) is 169 Å². The zero-order chi connectivity index (χ0) is 20.7. The monoisotopic (exact) mass is 394 g/mol. The van der Waals surface area contributed by atoms with Gasteiger partial charge in [0.05, 0.1) is 0 Å². The Balaban J connectivity index is 3.21. The molecule has 0 aromatic rings. The summed E-state index contributed by atoms with van der Waals surface area (Å²) in [5, 5.41) is 0. The molecule has 0 fully saturated rings. The van der Waals surface area contributed by atoms with Crippen molar-refractivity contribution in [3.8, 4) is 0 Å². The van der Waals surface area contributed by atoms with Crippen molar-refractivity contribution in [3.05, 3.63) is 0 Å². The fourth-order valence-corrected chi connectivity index (χ4v) is 4.53. The minimum Gasteiger partial charge on any atom is -0.0654 e. The third-order valence-electron chi connectivity index (χ3n) is 6.74. The Hall–Kier alpha value is 0. The molecule has 0 heteroatoms. The van der Waals surface area contributed by atoms with Crippen molar-refractivity contribution in [1.29, 1.82) is 0 Å². The molecule has 0 aromatic heterocycles. The summed E-state index contributed by atoms with van der Waals surface area (Å²) in [4.78, 5) is 0. The van der Waals surface area contributed by atoms with E-state index < -0.39 is 0 Å². The van der Waals surface area contributed by atoms with Crippen molar-refractivity contribution in [2.75, 3.05) is 0 Å². The van der Waals surface area contributed by atoms with Crippen LogP contribution in [0.15, 0.2) is 0 Å². The minimum absolute atomic E-state index is 0.958. The van der Waals surface area contributed by atoms with Crippen molar-refractivity contribution in [2.24, 2.45) is 11.8 Å². The molecule has 0 spiro atoms. The fraction of sp³-hybridized carbons (Fsp3) is 1.00. The molecule has 28 heavy (non-hydrogen) atoms. The van der Waals surface area contributed by atoms with E-state index in [4.69, 9.17) is 0 Å². The van der Waals surface area contributed by atoms with Crippen LogP contribution in [-0.4, -0.2) is 0 Å². The Morgan fingerprint density at radius 2 is 0.571 bits per heavy atom. The van der Waals surface area contributed by atoms with Gasteiger partial charge in [-0.3, -0.25) is 0 Å². The van der Waals surface area contributed by atoms with Crippen molar-refractivity contribution in [3.63, 3.8) is 0 Å². The normalized spacial score (nSPS) is 13.7. The second kappa shape index (κ2) is 23.3. The van der Waals surface area contributed by atoms with Crippen LogP contribution in [0.3, 0.4) is 0 Å². The van der Waals surface area contributed by atoms with Gasteiger partial charge in [-0.1, -0.05) is 169 Å². The zero-order valence-corrected chi connectivity index (χ0v) is 20.7. The molecule has 170 valence electrons. The van der Waals surface area contributed by atoms with Crippen LogP contribution in [0, 0.1) is 11.8 Å². The Morgan fingerprint density at radius 1 is 0.321 bits per heavy atom. The topological polar surface area (TPSA) is 0 Å². The summed E-state index contributed by atoms with van der Waals surface area (Å²) in [5.74, 6) is 1.92. The van der Waals surface area contributed by atoms with Crippen LogP contribution < -0.4 is 0 Å². The minimum atomic E-state index is 0.958. The summed E-state index contributed by atoms with van der Waals surface area (Å²) < 4.78 is 0. The van der Waals surface area contributed by atoms with Crippen molar-refractivity contribution < 1.29 is 0 Å². The van der Waals surface area contributed by atoms with E-state index in [2.05, 4.69) is 27.7 Å². The first-order chi connectivity index (χ1) is 13.7. The van der Waals surface area contributed by atoms with Gasteiger partial charge in [0.25, 0.3) is 0 Å². The van der Waals surface area contributed by atoms with Gasteiger partial charge in [0, 0.05) is 0 Å². The lowest BCUT2D eigenvalue weighted by Crippen LogP contribution is -1.99. The molecule has 2 unspecified atom stereocenters. The molecular formula is C28H58. The van der Waals surface area contributed by atoms with Crippen molar-refractivity contribution >= 4 is 0 Å². The number of rotatable bonds is 23. The predicted molar refractivity (Wildman–Crippen MR) is 131 cm³/mol. The fourth-order valence-electron chi connectivity index (χ4n) is 4.53. The van der Waals surface area contributed by atoms with Gasteiger partial charge in [-0.15, -0.1) is 0 Å². The largest absolute Gasteiger partial charge is 0.0654 e. The summed E-state index contributed by atoms with van der Waals surface area (Å²) in [5.41, 5.74) is 0. The van der Waals surface area contributed by atoms with Gasteiger partial charge in [-0.2, -0.15) is 0 Å². The molecule has 2 atom stereocenters. The molecule has 0 bridgehead atoms. The molecule has 0 aliphatic heterocycles. The molecule has 0 aliphatic rings. The molecule has 0 aromatic carbocycles. The molecule has 0 rings (SSSR count). The summed E-state index contributed by atoms with van der Waals surface area (Å²) in [7, 11) is 0. The molecule has 0 heterocycles. The Kier molecular flexibility index (Phi) is 23.3. The van der Waals surface area contributed by atoms with E-state index in [0.717, 1.165) is 11.8 Å². The number of hydrogen-bond donors (Lipinski definition) is 0. The summed E-state index contributed by atoms with van der Waals surface area (Å²) in [6.45, 7) is 9.57. The molecule has 0 saturated heterocycles. The standard InChI is InChI=1S/C28H58/c1-5-7-9-10-11-12-13-14-15-16-17-18-19-21-24-28(4)26-22-25-27(3)23-20-8-6-2/h27-28H,5-26H2,1-4H3. The van der Waals surface area contributed by atoms with Gasteiger partial charge in [-0.25, -0.2) is 0 Å². The Bertz CT molecular complexity index is 269. The zero-order valence-electron chi connectivity index (χ0n) is 20.7. The molecular weight excluding hydrogens is 336 g/mol.